The fourth-order valence-corrected chi connectivity index (χ4v) is 1.85. The summed E-state index contributed by atoms with van der Waals surface area (Å²) in [7, 11) is 2.75. The topological polar surface area (TPSA) is 44.8 Å². The van der Waals surface area contributed by atoms with Crippen LogP contribution in [0.1, 0.15) is 11.1 Å². The molecule has 4 nitrogen and oxygen atoms in total. The highest BCUT2D eigenvalue weighted by molar-refractivity contribution is 5.91. The quantitative estimate of drug-likeness (QED) is 0.465. The third-order valence-electron chi connectivity index (χ3n) is 3.03. The molecule has 0 aliphatic heterocycles. The Morgan fingerprint density at radius 3 is 2.23 bits per heavy atom. The maximum Gasteiger partial charge on any atom is 0.373 e. The first-order valence-corrected chi connectivity index (χ1v) is 6.83. The van der Waals surface area contributed by atoms with Crippen molar-refractivity contribution in [2.45, 2.75) is 6.61 Å². The minimum atomic E-state index is -0.507. The average molecular weight is 298 g/mol. The summed E-state index contributed by atoms with van der Waals surface area (Å²) in [6, 6.07) is 17.3. The summed E-state index contributed by atoms with van der Waals surface area (Å²) in [5.74, 6) is 0.408. The molecule has 0 aromatic heterocycles. The summed E-state index contributed by atoms with van der Waals surface area (Å²) in [5.41, 5.74) is 1.94. The summed E-state index contributed by atoms with van der Waals surface area (Å²) in [6.45, 7) is 0.515. The van der Waals surface area contributed by atoms with Crippen LogP contribution in [0, 0.1) is 0 Å². The molecule has 0 saturated heterocycles. The number of hydrogen-bond donors (Lipinski definition) is 0. The van der Waals surface area contributed by atoms with E-state index in [1.807, 2.05) is 54.6 Å². The van der Waals surface area contributed by atoms with Crippen LogP contribution in [0.2, 0.25) is 0 Å². The van der Waals surface area contributed by atoms with Gasteiger partial charge in [0.2, 0.25) is 5.76 Å². The Balaban J connectivity index is 2.01. The molecule has 4 heteroatoms. The number of esters is 1. The highest BCUT2D eigenvalue weighted by Gasteiger charge is 2.09. The SMILES string of the molecule is COC(=O)C(=Cc1ccc(OCc2ccccc2)cc1)OC. The maximum absolute atomic E-state index is 11.4. The first-order chi connectivity index (χ1) is 10.7. The Kier molecular flexibility index (Phi) is 5.60. The molecule has 0 fully saturated rings. The van der Waals surface area contributed by atoms with Gasteiger partial charge in [0, 0.05) is 0 Å². The smallest absolute Gasteiger partial charge is 0.373 e. The molecule has 0 radical (unpaired) electrons. The van der Waals surface area contributed by atoms with Gasteiger partial charge in [-0.2, -0.15) is 0 Å². The zero-order valence-corrected chi connectivity index (χ0v) is 12.6. The Morgan fingerprint density at radius 2 is 1.64 bits per heavy atom. The maximum atomic E-state index is 11.4. The number of ether oxygens (including phenoxy) is 3. The van der Waals surface area contributed by atoms with Crippen molar-refractivity contribution in [2.75, 3.05) is 14.2 Å². The fourth-order valence-electron chi connectivity index (χ4n) is 1.85. The van der Waals surface area contributed by atoms with Crippen LogP contribution in [-0.4, -0.2) is 20.2 Å². The van der Waals surface area contributed by atoms with Gasteiger partial charge in [-0.1, -0.05) is 42.5 Å². The molecule has 0 amide bonds. The summed E-state index contributed by atoms with van der Waals surface area (Å²) >= 11 is 0. The minimum Gasteiger partial charge on any atom is -0.490 e. The lowest BCUT2D eigenvalue weighted by Crippen LogP contribution is -2.06. The first kappa shape index (κ1) is 15.6. The minimum absolute atomic E-state index is 0.153. The highest BCUT2D eigenvalue weighted by Crippen LogP contribution is 2.16. The van der Waals surface area contributed by atoms with Gasteiger partial charge < -0.3 is 14.2 Å². The molecule has 0 aliphatic rings. The van der Waals surface area contributed by atoms with Crippen molar-refractivity contribution in [3.63, 3.8) is 0 Å². The highest BCUT2D eigenvalue weighted by atomic mass is 16.6. The van der Waals surface area contributed by atoms with Crippen LogP contribution >= 0.6 is 0 Å². The third-order valence-corrected chi connectivity index (χ3v) is 3.03. The molecule has 2 aromatic carbocycles. The zero-order valence-electron chi connectivity index (χ0n) is 12.6. The van der Waals surface area contributed by atoms with Crippen molar-refractivity contribution in [1.29, 1.82) is 0 Å². The van der Waals surface area contributed by atoms with E-state index in [9.17, 15) is 4.79 Å². The summed E-state index contributed by atoms with van der Waals surface area (Å²) in [5, 5.41) is 0. The van der Waals surface area contributed by atoms with Gasteiger partial charge in [-0.15, -0.1) is 0 Å². The van der Waals surface area contributed by atoms with E-state index in [4.69, 9.17) is 9.47 Å². The third kappa shape index (κ3) is 4.38. The number of benzene rings is 2. The molecular formula is C18H18O4. The van der Waals surface area contributed by atoms with Gasteiger partial charge in [0.25, 0.3) is 0 Å². The number of rotatable bonds is 6. The van der Waals surface area contributed by atoms with Crippen LogP contribution in [0.15, 0.2) is 60.4 Å². The van der Waals surface area contributed by atoms with Crippen LogP contribution in [0.4, 0.5) is 0 Å². The lowest BCUT2D eigenvalue weighted by Gasteiger charge is -2.07. The van der Waals surface area contributed by atoms with Gasteiger partial charge in [0.05, 0.1) is 14.2 Å². The van der Waals surface area contributed by atoms with E-state index in [0.29, 0.717) is 6.61 Å². The molecule has 0 unspecified atom stereocenters. The first-order valence-electron chi connectivity index (χ1n) is 6.83. The number of methoxy groups -OCH3 is 2. The van der Waals surface area contributed by atoms with E-state index in [0.717, 1.165) is 16.9 Å². The predicted octanol–water partition coefficient (Wildman–Crippen LogP) is 3.43. The van der Waals surface area contributed by atoms with Crippen LogP contribution < -0.4 is 4.74 Å². The van der Waals surface area contributed by atoms with E-state index in [1.165, 1.54) is 14.2 Å². The van der Waals surface area contributed by atoms with Crippen molar-refractivity contribution in [1.82, 2.24) is 0 Å². The Bertz CT molecular complexity index is 630. The molecule has 0 bridgehead atoms. The van der Waals surface area contributed by atoms with E-state index in [2.05, 4.69) is 4.74 Å². The van der Waals surface area contributed by atoms with Gasteiger partial charge in [0.15, 0.2) is 0 Å². The van der Waals surface area contributed by atoms with Crippen molar-refractivity contribution in [3.05, 3.63) is 71.5 Å². The van der Waals surface area contributed by atoms with Crippen molar-refractivity contribution in [3.8, 4) is 5.75 Å². The average Bonchev–Trinajstić information content (AvgIpc) is 2.59. The fraction of sp³-hybridized carbons (Fsp3) is 0.167. The van der Waals surface area contributed by atoms with E-state index < -0.39 is 5.97 Å². The Hall–Kier alpha value is -2.75. The monoisotopic (exact) mass is 298 g/mol. The molecule has 0 heterocycles. The second-order valence-electron chi connectivity index (χ2n) is 4.55. The second kappa shape index (κ2) is 7.88. The van der Waals surface area contributed by atoms with Crippen LogP contribution in [0.3, 0.4) is 0 Å². The van der Waals surface area contributed by atoms with Gasteiger partial charge in [-0.05, 0) is 29.3 Å². The molecule has 0 aliphatic carbocycles. The lowest BCUT2D eigenvalue weighted by atomic mass is 10.2. The molecule has 114 valence electrons. The molecular weight excluding hydrogens is 280 g/mol. The molecule has 0 N–H and O–H groups in total. The molecule has 0 saturated carbocycles. The lowest BCUT2D eigenvalue weighted by molar-refractivity contribution is -0.139. The van der Waals surface area contributed by atoms with Gasteiger partial charge in [-0.3, -0.25) is 0 Å². The molecule has 0 spiro atoms. The van der Waals surface area contributed by atoms with Crippen LogP contribution in [0.5, 0.6) is 5.75 Å². The van der Waals surface area contributed by atoms with Crippen LogP contribution in [-0.2, 0) is 20.9 Å². The van der Waals surface area contributed by atoms with E-state index in [-0.39, 0.29) is 5.76 Å². The van der Waals surface area contributed by atoms with Gasteiger partial charge >= 0.3 is 5.97 Å². The van der Waals surface area contributed by atoms with E-state index in [1.54, 1.807) is 6.08 Å². The van der Waals surface area contributed by atoms with Gasteiger partial charge in [-0.25, -0.2) is 4.79 Å². The Morgan fingerprint density at radius 1 is 0.955 bits per heavy atom. The molecule has 0 atom stereocenters. The Labute approximate surface area is 129 Å². The van der Waals surface area contributed by atoms with Crippen molar-refractivity contribution < 1.29 is 19.0 Å². The standard InChI is InChI=1S/C18H18O4/c1-20-17(18(19)21-2)12-14-8-10-16(11-9-14)22-13-15-6-4-3-5-7-15/h3-12H,13H2,1-2H3. The summed E-state index contributed by atoms with van der Waals surface area (Å²) < 4.78 is 15.3. The van der Waals surface area contributed by atoms with E-state index >= 15 is 0 Å². The number of hydrogen-bond acceptors (Lipinski definition) is 4. The normalized spacial score (nSPS) is 10.9. The summed E-state index contributed by atoms with van der Waals surface area (Å²) in [6.07, 6.45) is 1.62. The second-order valence-corrected chi connectivity index (χ2v) is 4.55. The largest absolute Gasteiger partial charge is 0.490 e. The molecule has 2 aromatic rings. The predicted molar refractivity (Wildman–Crippen MR) is 84.2 cm³/mol. The zero-order chi connectivity index (χ0) is 15.8. The number of carbonyl (C=O) groups is 1. The number of carbonyl (C=O) groups excluding carboxylic acids is 1. The van der Waals surface area contributed by atoms with Crippen molar-refractivity contribution in [2.24, 2.45) is 0 Å². The van der Waals surface area contributed by atoms with Gasteiger partial charge in [0.1, 0.15) is 12.4 Å². The molecule has 22 heavy (non-hydrogen) atoms. The van der Waals surface area contributed by atoms with Crippen molar-refractivity contribution >= 4 is 12.0 Å². The summed E-state index contributed by atoms with van der Waals surface area (Å²) in [4.78, 5) is 11.4. The van der Waals surface area contributed by atoms with Crippen LogP contribution in [0.25, 0.3) is 6.08 Å². The molecule has 2 rings (SSSR count).